The number of nitrogens with two attached hydrogens (primary N) is 1. The van der Waals surface area contributed by atoms with Gasteiger partial charge in [-0.1, -0.05) is 29.8 Å². The monoisotopic (exact) mass is 320 g/mol. The molecule has 0 aliphatic heterocycles. The summed E-state index contributed by atoms with van der Waals surface area (Å²) in [6.45, 7) is 0. The van der Waals surface area contributed by atoms with Crippen molar-refractivity contribution >= 4 is 39.2 Å². The van der Waals surface area contributed by atoms with Crippen molar-refractivity contribution in [2.75, 3.05) is 5.73 Å². The summed E-state index contributed by atoms with van der Waals surface area (Å²) in [7, 11) is -1.14. The lowest BCUT2D eigenvalue weighted by Gasteiger charge is -2.02. The fourth-order valence-electron chi connectivity index (χ4n) is 2.03. The molecular weight excluding hydrogens is 308 g/mol. The topological polar surface area (TPSA) is 69.1 Å². The molecule has 1 heterocycles. The van der Waals surface area contributed by atoms with Gasteiger partial charge in [-0.2, -0.15) is 0 Å². The predicted octanol–water partition coefficient (Wildman–Crippen LogP) is 3.51. The van der Waals surface area contributed by atoms with Gasteiger partial charge in [-0.25, -0.2) is 4.98 Å². The quantitative estimate of drug-likeness (QED) is 0.747. The van der Waals surface area contributed by atoms with Crippen LogP contribution in [0.3, 0.4) is 0 Å². The number of oxazole rings is 1. The number of anilines is 1. The molecule has 0 radical (unpaired) electrons. The molecule has 2 N–H and O–H groups in total. The van der Waals surface area contributed by atoms with Crippen LogP contribution in [-0.4, -0.2) is 9.19 Å². The van der Waals surface area contributed by atoms with E-state index < -0.39 is 10.8 Å². The predicted molar refractivity (Wildman–Crippen MR) is 85.4 cm³/mol. The summed E-state index contributed by atoms with van der Waals surface area (Å²) in [5.74, 6) is 1.07. The molecular formula is C15H13ClN2O2S. The third kappa shape index (κ3) is 3.25. The van der Waals surface area contributed by atoms with Crippen LogP contribution in [0.15, 0.2) is 46.9 Å². The summed E-state index contributed by atoms with van der Waals surface area (Å²) in [6, 6.07) is 12.6. The molecule has 2 aromatic carbocycles. The largest absolute Gasteiger partial charge is 0.440 e. The number of halogens is 1. The molecule has 1 unspecified atom stereocenters. The highest BCUT2D eigenvalue weighted by Crippen LogP contribution is 2.21. The summed E-state index contributed by atoms with van der Waals surface area (Å²) in [5, 5.41) is 0.621. The van der Waals surface area contributed by atoms with Gasteiger partial charge in [0.25, 0.3) is 0 Å². The van der Waals surface area contributed by atoms with Gasteiger partial charge in [0, 0.05) is 21.5 Å². The maximum absolute atomic E-state index is 12.2. The zero-order chi connectivity index (χ0) is 14.8. The Balaban J connectivity index is 1.75. The number of hydrogen-bond donors (Lipinski definition) is 1. The average molecular weight is 321 g/mol. The molecule has 108 valence electrons. The van der Waals surface area contributed by atoms with Crippen LogP contribution < -0.4 is 5.73 Å². The number of nitrogens with zero attached hydrogens (tertiary/aromatic N) is 1. The molecule has 1 aromatic heterocycles. The summed E-state index contributed by atoms with van der Waals surface area (Å²) < 4.78 is 17.8. The Kier molecular flexibility index (Phi) is 3.94. The lowest BCUT2D eigenvalue weighted by molar-refractivity contribution is 0.552. The van der Waals surface area contributed by atoms with Crippen LogP contribution >= 0.6 is 11.6 Å². The van der Waals surface area contributed by atoms with Gasteiger partial charge in [0.15, 0.2) is 5.58 Å². The Labute approximate surface area is 129 Å². The van der Waals surface area contributed by atoms with E-state index in [1.54, 1.807) is 24.3 Å². The van der Waals surface area contributed by atoms with E-state index >= 15 is 0 Å². The van der Waals surface area contributed by atoms with Gasteiger partial charge in [-0.15, -0.1) is 0 Å². The molecule has 0 aliphatic rings. The Morgan fingerprint density at radius 3 is 2.81 bits per heavy atom. The first kappa shape index (κ1) is 14.1. The van der Waals surface area contributed by atoms with Crippen LogP contribution in [0.2, 0.25) is 5.02 Å². The summed E-state index contributed by atoms with van der Waals surface area (Å²) in [4.78, 5) is 4.30. The van der Waals surface area contributed by atoms with Crippen molar-refractivity contribution in [3.63, 3.8) is 0 Å². The van der Waals surface area contributed by atoms with Crippen LogP contribution in [0.5, 0.6) is 0 Å². The van der Waals surface area contributed by atoms with Gasteiger partial charge in [0.05, 0.1) is 5.75 Å². The Morgan fingerprint density at radius 1 is 1.19 bits per heavy atom. The number of nitrogen functional groups attached to an aromatic ring is 1. The lowest BCUT2D eigenvalue weighted by Crippen LogP contribution is -2.00. The third-order valence-electron chi connectivity index (χ3n) is 3.01. The van der Waals surface area contributed by atoms with Gasteiger partial charge in [0.2, 0.25) is 5.89 Å². The highest BCUT2D eigenvalue weighted by atomic mass is 35.5. The highest BCUT2D eigenvalue weighted by molar-refractivity contribution is 7.83. The molecule has 0 aliphatic carbocycles. The Morgan fingerprint density at radius 2 is 2.00 bits per heavy atom. The number of benzene rings is 2. The van der Waals surface area contributed by atoms with Crippen molar-refractivity contribution in [3.05, 3.63) is 58.9 Å². The van der Waals surface area contributed by atoms with Gasteiger partial charge < -0.3 is 10.2 Å². The molecule has 0 saturated heterocycles. The number of hydrogen-bond acceptors (Lipinski definition) is 4. The first-order valence-corrected chi connectivity index (χ1v) is 8.22. The fourth-order valence-corrected chi connectivity index (χ4v) is 3.41. The standard InChI is InChI=1S/C15H13ClN2O2S/c16-12-4-2-1-3-10(12)8-21(19)9-15-18-13-7-11(17)5-6-14(13)20-15/h1-7H,8-9,17H2. The van der Waals surface area contributed by atoms with Gasteiger partial charge >= 0.3 is 0 Å². The molecule has 0 fully saturated rings. The van der Waals surface area contributed by atoms with E-state index in [9.17, 15) is 4.21 Å². The van der Waals surface area contributed by atoms with Gasteiger partial charge in [0.1, 0.15) is 11.3 Å². The number of rotatable bonds is 4. The highest BCUT2D eigenvalue weighted by Gasteiger charge is 2.11. The van der Waals surface area contributed by atoms with Crippen molar-refractivity contribution < 1.29 is 8.63 Å². The molecule has 21 heavy (non-hydrogen) atoms. The van der Waals surface area contributed by atoms with Gasteiger partial charge in [-0.05, 0) is 29.8 Å². The molecule has 3 rings (SSSR count). The second-order valence-electron chi connectivity index (χ2n) is 4.65. The molecule has 0 amide bonds. The molecule has 3 aromatic rings. The van der Waals surface area contributed by atoms with E-state index in [1.807, 2.05) is 18.2 Å². The fraction of sp³-hybridized carbons (Fsp3) is 0.133. The van der Waals surface area contributed by atoms with Crippen LogP contribution in [-0.2, 0) is 22.3 Å². The van der Waals surface area contributed by atoms with E-state index in [1.165, 1.54) is 0 Å². The van der Waals surface area contributed by atoms with Crippen LogP contribution in [0.25, 0.3) is 11.1 Å². The Bertz CT molecular complexity index is 816. The molecule has 4 nitrogen and oxygen atoms in total. The van der Waals surface area contributed by atoms with Crippen LogP contribution in [0.1, 0.15) is 11.5 Å². The molecule has 0 bridgehead atoms. The molecule has 6 heteroatoms. The average Bonchev–Trinajstić information content (AvgIpc) is 2.82. The van der Waals surface area contributed by atoms with E-state index in [2.05, 4.69) is 4.98 Å². The minimum Gasteiger partial charge on any atom is -0.440 e. The van der Waals surface area contributed by atoms with Crippen molar-refractivity contribution in [1.82, 2.24) is 4.98 Å². The molecule has 1 atom stereocenters. The van der Waals surface area contributed by atoms with Gasteiger partial charge in [-0.3, -0.25) is 4.21 Å². The summed E-state index contributed by atoms with van der Waals surface area (Å²) >= 11 is 6.07. The minimum atomic E-state index is -1.14. The maximum atomic E-state index is 12.2. The first-order chi connectivity index (χ1) is 10.1. The zero-order valence-electron chi connectivity index (χ0n) is 11.1. The van der Waals surface area contributed by atoms with Crippen molar-refractivity contribution in [3.8, 4) is 0 Å². The SMILES string of the molecule is Nc1ccc2oc(CS(=O)Cc3ccccc3Cl)nc2c1. The minimum absolute atomic E-state index is 0.250. The molecule has 0 spiro atoms. The maximum Gasteiger partial charge on any atom is 0.208 e. The van der Waals surface area contributed by atoms with Crippen molar-refractivity contribution in [1.29, 1.82) is 0 Å². The number of fused-ring (bicyclic) bond motifs is 1. The van der Waals surface area contributed by atoms with Crippen molar-refractivity contribution in [2.24, 2.45) is 0 Å². The zero-order valence-corrected chi connectivity index (χ0v) is 12.7. The van der Waals surface area contributed by atoms with E-state index in [0.29, 0.717) is 33.5 Å². The normalized spacial score (nSPS) is 12.6. The lowest BCUT2D eigenvalue weighted by atomic mass is 10.2. The van der Waals surface area contributed by atoms with E-state index in [-0.39, 0.29) is 5.75 Å². The first-order valence-electron chi connectivity index (χ1n) is 6.35. The summed E-state index contributed by atoms with van der Waals surface area (Å²) in [5.41, 5.74) is 8.51. The Hall–Kier alpha value is -1.85. The molecule has 0 saturated carbocycles. The third-order valence-corrected chi connectivity index (χ3v) is 4.59. The van der Waals surface area contributed by atoms with E-state index in [4.69, 9.17) is 21.8 Å². The van der Waals surface area contributed by atoms with Crippen LogP contribution in [0.4, 0.5) is 5.69 Å². The smallest absolute Gasteiger partial charge is 0.208 e. The van der Waals surface area contributed by atoms with E-state index in [0.717, 1.165) is 5.56 Å². The van der Waals surface area contributed by atoms with Crippen molar-refractivity contribution in [2.45, 2.75) is 11.5 Å². The van der Waals surface area contributed by atoms with Crippen LogP contribution in [0, 0.1) is 0 Å². The summed E-state index contributed by atoms with van der Waals surface area (Å²) in [6.07, 6.45) is 0. The second kappa shape index (κ2) is 5.87. The second-order valence-corrected chi connectivity index (χ2v) is 6.52. The number of aromatic nitrogens is 1.